The number of nitrogens with zero attached hydrogens (tertiary/aromatic N) is 2. The van der Waals surface area contributed by atoms with Gasteiger partial charge in [-0.15, -0.1) is 0 Å². The van der Waals surface area contributed by atoms with Gasteiger partial charge in [0.15, 0.2) is 0 Å². The Morgan fingerprint density at radius 1 is 1.20 bits per heavy atom. The number of nitrogens with one attached hydrogen (secondary N) is 1. The molecule has 0 saturated carbocycles. The van der Waals surface area contributed by atoms with Crippen LogP contribution in [-0.2, 0) is 6.42 Å². The van der Waals surface area contributed by atoms with Crippen LogP contribution in [0.25, 0.3) is 0 Å². The van der Waals surface area contributed by atoms with Gasteiger partial charge in [-0.3, -0.25) is 21.2 Å². The largest absolute Gasteiger partial charge is 0.297 e. The summed E-state index contributed by atoms with van der Waals surface area (Å²) in [7, 11) is 0. The maximum Gasteiger partial charge on any atom is 0.0449 e. The Morgan fingerprint density at radius 2 is 1.85 bits per heavy atom. The van der Waals surface area contributed by atoms with Crippen molar-refractivity contribution in [1.82, 2.24) is 15.3 Å². The number of hydrazine groups is 1. The molecule has 0 aliphatic heterocycles. The molecule has 0 fully saturated rings. The molecule has 1 atom stereocenters. The Balaban J connectivity index is 3.02. The van der Waals surface area contributed by atoms with Crippen LogP contribution >= 0.6 is 0 Å². The Morgan fingerprint density at radius 3 is 2.25 bits per heavy atom. The van der Waals surface area contributed by atoms with Crippen molar-refractivity contribution >= 4 is 0 Å². The van der Waals surface area contributed by atoms with E-state index in [4.69, 9.17) is 5.84 Å². The number of nitrogens with two attached hydrogens (primary N) is 1. The molecule has 0 aromatic carbocycles. The van der Waals surface area contributed by atoms with Gasteiger partial charge >= 0.3 is 0 Å². The predicted molar refractivity (Wildman–Crippen MR) is 85.3 cm³/mol. The summed E-state index contributed by atoms with van der Waals surface area (Å²) in [5.74, 6) is 5.90. The number of hydrogen-bond acceptors (Lipinski definition) is 4. The summed E-state index contributed by atoms with van der Waals surface area (Å²) >= 11 is 0. The van der Waals surface area contributed by atoms with E-state index in [1.165, 1.54) is 0 Å². The highest BCUT2D eigenvalue weighted by Crippen LogP contribution is 2.29. The van der Waals surface area contributed by atoms with Crippen LogP contribution in [0.5, 0.6) is 0 Å². The average Bonchev–Trinajstić information content (AvgIpc) is 2.51. The molecule has 1 aromatic rings. The lowest BCUT2D eigenvalue weighted by molar-refractivity contribution is 0.0489. The van der Waals surface area contributed by atoms with Crippen molar-refractivity contribution in [3.63, 3.8) is 0 Å². The van der Waals surface area contributed by atoms with E-state index in [9.17, 15) is 0 Å². The molecule has 0 aliphatic carbocycles. The smallest absolute Gasteiger partial charge is 0.0449 e. The first-order valence-electron chi connectivity index (χ1n) is 7.79. The van der Waals surface area contributed by atoms with Crippen LogP contribution in [0.15, 0.2) is 24.4 Å². The second-order valence-electron chi connectivity index (χ2n) is 5.23. The number of rotatable bonds is 9. The molecule has 0 bridgehead atoms. The Bertz CT molecular complexity index is 358. The lowest BCUT2D eigenvalue weighted by Gasteiger charge is -2.47. The summed E-state index contributed by atoms with van der Waals surface area (Å²) in [5.41, 5.74) is 4.23. The van der Waals surface area contributed by atoms with Gasteiger partial charge in [-0.25, -0.2) is 0 Å². The molecule has 3 N–H and O–H groups in total. The van der Waals surface area contributed by atoms with Crippen LogP contribution in [0, 0.1) is 0 Å². The normalized spacial score (nSPS) is 13.7. The molecule has 4 nitrogen and oxygen atoms in total. The van der Waals surface area contributed by atoms with Crippen LogP contribution in [-0.4, -0.2) is 34.6 Å². The summed E-state index contributed by atoms with van der Waals surface area (Å²) in [6.07, 6.45) is 4.86. The molecular formula is C16H30N4. The van der Waals surface area contributed by atoms with Crippen LogP contribution < -0.4 is 11.3 Å². The first-order chi connectivity index (χ1) is 9.68. The summed E-state index contributed by atoms with van der Waals surface area (Å²) in [6.45, 7) is 11.0. The van der Waals surface area contributed by atoms with E-state index in [1.807, 2.05) is 18.3 Å². The third-order valence-corrected chi connectivity index (χ3v) is 4.61. The molecule has 1 rings (SSSR count). The highest BCUT2D eigenvalue weighted by molar-refractivity contribution is 5.09. The zero-order chi connectivity index (χ0) is 15.0. The third-order valence-electron chi connectivity index (χ3n) is 4.61. The Hall–Kier alpha value is -0.970. The first kappa shape index (κ1) is 17.1. The molecule has 0 saturated heterocycles. The maximum absolute atomic E-state index is 5.90. The molecule has 0 aliphatic rings. The quantitative estimate of drug-likeness (QED) is 0.538. The number of aromatic nitrogens is 1. The summed E-state index contributed by atoms with van der Waals surface area (Å²) in [5, 5.41) is 0. The van der Waals surface area contributed by atoms with Crippen molar-refractivity contribution < 1.29 is 0 Å². The fraction of sp³-hybridized carbons (Fsp3) is 0.688. The molecule has 0 amide bonds. The number of hydrogen-bond donors (Lipinski definition) is 2. The minimum absolute atomic E-state index is 0.0791. The van der Waals surface area contributed by atoms with E-state index in [-0.39, 0.29) is 11.6 Å². The van der Waals surface area contributed by atoms with Crippen LogP contribution in [0.3, 0.4) is 0 Å². The number of likely N-dealkylation sites (N-methyl/N-ethyl adjacent to an activating group) is 1. The molecule has 20 heavy (non-hydrogen) atoms. The SMILES string of the molecule is CCN(CC)C(CC)(CC)C(Cc1ccccn1)NN. The number of pyridine rings is 1. The van der Waals surface area contributed by atoms with Gasteiger partial charge < -0.3 is 0 Å². The van der Waals surface area contributed by atoms with Gasteiger partial charge in [0.25, 0.3) is 0 Å². The van der Waals surface area contributed by atoms with E-state index in [0.29, 0.717) is 0 Å². The molecule has 1 unspecified atom stereocenters. The molecule has 4 heteroatoms. The van der Waals surface area contributed by atoms with Gasteiger partial charge in [0.05, 0.1) is 0 Å². The zero-order valence-corrected chi connectivity index (χ0v) is 13.4. The van der Waals surface area contributed by atoms with Crippen LogP contribution in [0.1, 0.15) is 46.2 Å². The Labute approximate surface area is 123 Å². The van der Waals surface area contributed by atoms with E-state index in [0.717, 1.165) is 38.0 Å². The van der Waals surface area contributed by atoms with E-state index >= 15 is 0 Å². The second-order valence-corrected chi connectivity index (χ2v) is 5.23. The van der Waals surface area contributed by atoms with Crippen LogP contribution in [0.2, 0.25) is 0 Å². The zero-order valence-electron chi connectivity index (χ0n) is 13.4. The monoisotopic (exact) mass is 278 g/mol. The maximum atomic E-state index is 5.90. The van der Waals surface area contributed by atoms with Crippen molar-refractivity contribution in [1.29, 1.82) is 0 Å². The van der Waals surface area contributed by atoms with Gasteiger partial charge in [0, 0.05) is 29.9 Å². The van der Waals surface area contributed by atoms with Crippen LogP contribution in [0.4, 0.5) is 0 Å². The van der Waals surface area contributed by atoms with Crippen molar-refractivity contribution in [3.8, 4) is 0 Å². The molecule has 114 valence electrons. The van der Waals surface area contributed by atoms with Crippen molar-refractivity contribution in [3.05, 3.63) is 30.1 Å². The highest BCUT2D eigenvalue weighted by Gasteiger charge is 2.39. The fourth-order valence-corrected chi connectivity index (χ4v) is 3.40. The van der Waals surface area contributed by atoms with Gasteiger partial charge in [-0.1, -0.05) is 33.8 Å². The minimum atomic E-state index is 0.0791. The molecule has 1 aromatic heterocycles. The van der Waals surface area contributed by atoms with Gasteiger partial charge in [-0.05, 0) is 38.1 Å². The Kier molecular flexibility index (Phi) is 7.13. The second kappa shape index (κ2) is 8.35. The lowest BCUT2D eigenvalue weighted by Crippen LogP contribution is -2.63. The first-order valence-corrected chi connectivity index (χ1v) is 7.79. The van der Waals surface area contributed by atoms with Crippen molar-refractivity contribution in [2.45, 2.75) is 58.5 Å². The van der Waals surface area contributed by atoms with Gasteiger partial charge in [0.2, 0.25) is 0 Å². The van der Waals surface area contributed by atoms with Crippen molar-refractivity contribution in [2.75, 3.05) is 13.1 Å². The third kappa shape index (κ3) is 3.57. The average molecular weight is 278 g/mol. The molecule has 1 heterocycles. The summed E-state index contributed by atoms with van der Waals surface area (Å²) in [4.78, 5) is 6.97. The predicted octanol–water partition coefficient (Wildman–Crippen LogP) is 2.36. The molecular weight excluding hydrogens is 248 g/mol. The summed E-state index contributed by atoms with van der Waals surface area (Å²) < 4.78 is 0. The standard InChI is InChI=1S/C16H30N4/c1-5-16(6-2,20(7-3)8-4)15(19-17)13-14-11-9-10-12-18-14/h9-12,15,19H,5-8,13,17H2,1-4H3. The van der Waals surface area contributed by atoms with E-state index in [1.54, 1.807) is 0 Å². The minimum Gasteiger partial charge on any atom is -0.297 e. The van der Waals surface area contributed by atoms with Gasteiger partial charge in [-0.2, -0.15) is 0 Å². The van der Waals surface area contributed by atoms with Gasteiger partial charge in [0.1, 0.15) is 0 Å². The topological polar surface area (TPSA) is 54.2 Å². The molecule has 0 radical (unpaired) electrons. The fourth-order valence-electron chi connectivity index (χ4n) is 3.40. The van der Waals surface area contributed by atoms with E-state index in [2.05, 4.69) is 49.1 Å². The highest BCUT2D eigenvalue weighted by atomic mass is 15.3. The van der Waals surface area contributed by atoms with E-state index < -0.39 is 0 Å². The van der Waals surface area contributed by atoms with Crippen molar-refractivity contribution in [2.24, 2.45) is 5.84 Å². The lowest BCUT2D eigenvalue weighted by atomic mass is 9.80. The molecule has 0 spiro atoms. The summed E-state index contributed by atoms with van der Waals surface area (Å²) in [6, 6.07) is 6.26.